The fraction of sp³-hybridized carbons (Fsp3) is 0.450. The maximum absolute atomic E-state index is 12.1. The number of ether oxygens (including phenoxy) is 1. The van der Waals surface area contributed by atoms with E-state index in [0.717, 1.165) is 23.9 Å². The molecule has 1 amide bonds. The zero-order chi connectivity index (χ0) is 17.9. The summed E-state index contributed by atoms with van der Waals surface area (Å²) in [5, 5.41) is 4.85. The molecule has 136 valence electrons. The molecule has 5 heteroatoms. The first kappa shape index (κ1) is 19.6. The van der Waals surface area contributed by atoms with Crippen LogP contribution in [0.15, 0.2) is 42.5 Å². The van der Waals surface area contributed by atoms with Crippen LogP contribution in [-0.2, 0) is 0 Å². The predicted molar refractivity (Wildman–Crippen MR) is 107 cm³/mol. The van der Waals surface area contributed by atoms with Crippen molar-refractivity contribution in [1.29, 1.82) is 0 Å². The van der Waals surface area contributed by atoms with Crippen molar-refractivity contribution < 1.29 is 9.53 Å². The van der Waals surface area contributed by atoms with E-state index in [1.54, 1.807) is 11.9 Å². The molecular weight excluding hydrogens is 332 g/mol. The molecule has 0 spiro atoms. The highest BCUT2D eigenvalue weighted by atomic mass is 32.2. The van der Waals surface area contributed by atoms with Gasteiger partial charge in [0.15, 0.2) is 0 Å². The van der Waals surface area contributed by atoms with E-state index in [0.29, 0.717) is 11.6 Å². The van der Waals surface area contributed by atoms with E-state index in [1.165, 1.54) is 25.7 Å². The van der Waals surface area contributed by atoms with Gasteiger partial charge in [-0.05, 0) is 24.3 Å². The molecule has 0 aliphatic carbocycles. The zero-order valence-corrected chi connectivity index (χ0v) is 16.0. The fourth-order valence-electron chi connectivity index (χ4n) is 2.51. The lowest BCUT2D eigenvalue weighted by atomic mass is 10.1. The number of nitrogens with zero attached hydrogens (tertiary/aromatic N) is 1. The highest BCUT2D eigenvalue weighted by Gasteiger charge is 2.09. The summed E-state index contributed by atoms with van der Waals surface area (Å²) in [5.41, 5.74) is 0. The van der Waals surface area contributed by atoms with Crippen LogP contribution in [0.4, 0.5) is 4.79 Å². The van der Waals surface area contributed by atoms with Crippen LogP contribution in [0.2, 0.25) is 0 Å². The maximum atomic E-state index is 12.1. The third-order valence-corrected chi connectivity index (χ3v) is 4.94. The number of unbranched alkanes of at least 4 members (excludes halogenated alkanes) is 2. The first-order chi connectivity index (χ1) is 12.2. The van der Waals surface area contributed by atoms with Crippen molar-refractivity contribution in [1.82, 2.24) is 9.62 Å². The van der Waals surface area contributed by atoms with E-state index in [9.17, 15) is 4.79 Å². The van der Waals surface area contributed by atoms with Crippen LogP contribution in [0.25, 0.3) is 10.8 Å². The van der Waals surface area contributed by atoms with E-state index in [4.69, 9.17) is 4.74 Å². The highest BCUT2D eigenvalue weighted by Crippen LogP contribution is 2.25. The van der Waals surface area contributed by atoms with Crippen molar-refractivity contribution in [2.45, 2.75) is 39.5 Å². The highest BCUT2D eigenvalue weighted by molar-refractivity contribution is 7.96. The lowest BCUT2D eigenvalue weighted by molar-refractivity contribution is 0.203. The number of carbonyl (C=O) groups is 1. The van der Waals surface area contributed by atoms with Gasteiger partial charge in [0, 0.05) is 18.5 Å². The van der Waals surface area contributed by atoms with Crippen molar-refractivity contribution in [2.75, 3.05) is 19.0 Å². The minimum absolute atomic E-state index is 0.408. The Hall–Kier alpha value is -1.72. The predicted octanol–water partition coefficient (Wildman–Crippen LogP) is 5.44. The summed E-state index contributed by atoms with van der Waals surface area (Å²) in [4.78, 5) is 12.1. The third kappa shape index (κ3) is 6.59. The van der Waals surface area contributed by atoms with Crippen LogP contribution in [0.5, 0.6) is 5.75 Å². The molecule has 0 atom stereocenters. The Balaban J connectivity index is 1.83. The molecule has 0 aliphatic rings. The third-order valence-electron chi connectivity index (χ3n) is 3.94. The maximum Gasteiger partial charge on any atom is 0.413 e. The van der Waals surface area contributed by atoms with Gasteiger partial charge in [0.2, 0.25) is 0 Å². The summed E-state index contributed by atoms with van der Waals surface area (Å²) < 4.78 is 7.83. The second kappa shape index (κ2) is 11.0. The molecule has 0 heterocycles. The quantitative estimate of drug-likeness (QED) is 0.453. The molecule has 0 saturated carbocycles. The van der Waals surface area contributed by atoms with Gasteiger partial charge in [-0.3, -0.25) is 0 Å². The standard InChI is InChI=1S/C20H28N2O2S/c1-3-5-14-22(15-6-4-2)25-16-21-20(23)24-19-13-9-11-17-10-7-8-12-18(17)19/h7-13H,3-6,14-16H2,1-2H3,(H,21,23). The largest absolute Gasteiger partial charge is 0.413 e. The molecule has 0 radical (unpaired) electrons. The first-order valence-electron chi connectivity index (χ1n) is 9.06. The van der Waals surface area contributed by atoms with Gasteiger partial charge in [0.25, 0.3) is 0 Å². The Morgan fingerprint density at radius 2 is 1.72 bits per heavy atom. The Bertz CT molecular complexity index is 650. The van der Waals surface area contributed by atoms with Crippen molar-refractivity contribution in [3.8, 4) is 5.75 Å². The van der Waals surface area contributed by atoms with Crippen LogP contribution in [0.1, 0.15) is 39.5 Å². The van der Waals surface area contributed by atoms with E-state index in [-0.39, 0.29) is 0 Å². The number of hydrogen-bond donors (Lipinski definition) is 1. The normalized spacial score (nSPS) is 11.0. The monoisotopic (exact) mass is 360 g/mol. The Morgan fingerprint density at radius 3 is 2.44 bits per heavy atom. The molecular formula is C20H28N2O2S. The lowest BCUT2D eigenvalue weighted by Gasteiger charge is -2.20. The van der Waals surface area contributed by atoms with Crippen LogP contribution >= 0.6 is 11.9 Å². The van der Waals surface area contributed by atoms with Gasteiger partial charge in [-0.2, -0.15) is 0 Å². The van der Waals surface area contributed by atoms with Gasteiger partial charge in [-0.1, -0.05) is 75.0 Å². The van der Waals surface area contributed by atoms with E-state index in [1.807, 2.05) is 42.5 Å². The molecule has 25 heavy (non-hydrogen) atoms. The molecule has 0 fully saturated rings. The number of carbonyl (C=O) groups excluding carboxylic acids is 1. The number of nitrogens with one attached hydrogen (secondary N) is 1. The Morgan fingerprint density at radius 1 is 1.04 bits per heavy atom. The lowest BCUT2D eigenvalue weighted by Crippen LogP contribution is -2.29. The van der Waals surface area contributed by atoms with Crippen LogP contribution < -0.4 is 10.1 Å². The smallest absolute Gasteiger partial charge is 0.410 e. The number of hydrogen-bond acceptors (Lipinski definition) is 4. The molecule has 2 aromatic carbocycles. The number of amides is 1. The van der Waals surface area contributed by atoms with Crippen molar-refractivity contribution >= 4 is 28.8 Å². The minimum atomic E-state index is -0.408. The fourth-order valence-corrected chi connectivity index (χ4v) is 3.39. The van der Waals surface area contributed by atoms with Gasteiger partial charge in [-0.15, -0.1) is 0 Å². The van der Waals surface area contributed by atoms with Crippen molar-refractivity contribution in [3.05, 3.63) is 42.5 Å². The number of benzene rings is 2. The van der Waals surface area contributed by atoms with Crippen LogP contribution in [-0.4, -0.2) is 29.4 Å². The van der Waals surface area contributed by atoms with E-state index >= 15 is 0 Å². The second-order valence-corrected chi connectivity index (χ2v) is 7.02. The molecule has 0 unspecified atom stereocenters. The van der Waals surface area contributed by atoms with Crippen LogP contribution in [0, 0.1) is 0 Å². The number of fused-ring (bicyclic) bond motifs is 1. The van der Waals surface area contributed by atoms with Crippen LogP contribution in [0.3, 0.4) is 0 Å². The van der Waals surface area contributed by atoms with Gasteiger partial charge >= 0.3 is 6.09 Å². The summed E-state index contributed by atoms with van der Waals surface area (Å²) in [7, 11) is 0. The molecule has 2 rings (SSSR count). The SMILES string of the molecule is CCCCN(CCCC)SCNC(=O)Oc1cccc2ccccc12. The Kier molecular flexibility index (Phi) is 8.63. The average molecular weight is 361 g/mol. The second-order valence-electron chi connectivity index (χ2n) is 5.95. The summed E-state index contributed by atoms with van der Waals surface area (Å²) in [6, 6.07) is 13.6. The summed E-state index contributed by atoms with van der Waals surface area (Å²) in [6.07, 6.45) is 4.31. The Labute approximate surface area is 155 Å². The molecule has 4 nitrogen and oxygen atoms in total. The molecule has 0 aliphatic heterocycles. The zero-order valence-electron chi connectivity index (χ0n) is 15.2. The molecule has 0 aromatic heterocycles. The van der Waals surface area contributed by atoms with E-state index in [2.05, 4.69) is 23.5 Å². The first-order valence-corrected chi connectivity index (χ1v) is 10.00. The van der Waals surface area contributed by atoms with Crippen molar-refractivity contribution in [3.63, 3.8) is 0 Å². The topological polar surface area (TPSA) is 41.6 Å². The summed E-state index contributed by atoms with van der Waals surface area (Å²) >= 11 is 1.67. The minimum Gasteiger partial charge on any atom is -0.410 e. The summed E-state index contributed by atoms with van der Waals surface area (Å²) in [6.45, 7) is 6.51. The molecule has 2 aromatic rings. The molecule has 0 saturated heterocycles. The summed E-state index contributed by atoms with van der Waals surface area (Å²) in [5.74, 6) is 1.12. The molecule has 0 bridgehead atoms. The average Bonchev–Trinajstić information content (AvgIpc) is 2.64. The van der Waals surface area contributed by atoms with E-state index < -0.39 is 6.09 Å². The number of rotatable bonds is 10. The molecule has 1 N–H and O–H groups in total. The van der Waals surface area contributed by atoms with Crippen molar-refractivity contribution in [2.24, 2.45) is 0 Å². The van der Waals surface area contributed by atoms with Gasteiger partial charge in [0.1, 0.15) is 5.75 Å². The van der Waals surface area contributed by atoms with Gasteiger partial charge in [-0.25, -0.2) is 9.10 Å². The van der Waals surface area contributed by atoms with Gasteiger partial charge < -0.3 is 10.1 Å². The van der Waals surface area contributed by atoms with Gasteiger partial charge in [0.05, 0.1) is 5.88 Å².